The molecular weight excluding hydrogens is 218 g/mol. The molecule has 0 amide bonds. The summed E-state index contributed by atoms with van der Waals surface area (Å²) in [6, 6.07) is 6.58. The molecule has 0 spiro atoms. The van der Waals surface area contributed by atoms with Gasteiger partial charge in [0.1, 0.15) is 0 Å². The van der Waals surface area contributed by atoms with E-state index in [0.29, 0.717) is 6.04 Å². The SMILES string of the molecule is Cc1ccc(Cl)cc1NC(C)CC1CCC1. The molecule has 0 radical (unpaired) electrons. The molecule has 1 saturated carbocycles. The Hall–Kier alpha value is -0.690. The molecule has 1 aliphatic carbocycles. The van der Waals surface area contributed by atoms with Gasteiger partial charge in [-0.15, -0.1) is 0 Å². The van der Waals surface area contributed by atoms with Crippen LogP contribution < -0.4 is 5.32 Å². The monoisotopic (exact) mass is 237 g/mol. The molecule has 1 atom stereocenters. The van der Waals surface area contributed by atoms with E-state index in [1.54, 1.807) is 0 Å². The second-order valence-corrected chi connectivity index (χ2v) is 5.47. The highest BCUT2D eigenvalue weighted by Crippen LogP contribution is 2.31. The first kappa shape index (κ1) is 11.8. The van der Waals surface area contributed by atoms with Gasteiger partial charge in [0.05, 0.1) is 0 Å². The minimum absolute atomic E-state index is 0.544. The largest absolute Gasteiger partial charge is 0.382 e. The predicted molar refractivity (Wildman–Crippen MR) is 71.2 cm³/mol. The van der Waals surface area contributed by atoms with Crippen LogP contribution in [0.1, 0.15) is 38.2 Å². The molecule has 0 heterocycles. The second kappa shape index (κ2) is 5.09. The van der Waals surface area contributed by atoms with Crippen LogP contribution in [-0.2, 0) is 0 Å². The summed E-state index contributed by atoms with van der Waals surface area (Å²) in [6.07, 6.45) is 5.54. The molecule has 0 aliphatic heterocycles. The Morgan fingerprint density at radius 3 is 2.81 bits per heavy atom. The van der Waals surface area contributed by atoms with Gasteiger partial charge in [0, 0.05) is 16.8 Å². The van der Waals surface area contributed by atoms with Gasteiger partial charge in [0.2, 0.25) is 0 Å². The summed E-state index contributed by atoms with van der Waals surface area (Å²) in [5.74, 6) is 0.946. The lowest BCUT2D eigenvalue weighted by Gasteiger charge is -2.29. The predicted octanol–water partition coefficient (Wildman–Crippen LogP) is 4.64. The van der Waals surface area contributed by atoms with Crippen molar-refractivity contribution in [1.29, 1.82) is 0 Å². The number of benzene rings is 1. The number of aryl methyl sites for hydroxylation is 1. The van der Waals surface area contributed by atoms with Crippen LogP contribution in [-0.4, -0.2) is 6.04 Å². The van der Waals surface area contributed by atoms with E-state index < -0.39 is 0 Å². The average molecular weight is 238 g/mol. The summed E-state index contributed by atoms with van der Waals surface area (Å²) in [6.45, 7) is 4.38. The van der Waals surface area contributed by atoms with E-state index in [2.05, 4.69) is 25.2 Å². The molecule has 0 aromatic heterocycles. The highest BCUT2D eigenvalue weighted by molar-refractivity contribution is 6.30. The zero-order valence-electron chi connectivity index (χ0n) is 10.1. The van der Waals surface area contributed by atoms with Gasteiger partial charge in [-0.3, -0.25) is 0 Å². The zero-order chi connectivity index (χ0) is 11.5. The number of rotatable bonds is 4. The van der Waals surface area contributed by atoms with E-state index in [4.69, 9.17) is 11.6 Å². The number of anilines is 1. The summed E-state index contributed by atoms with van der Waals surface area (Å²) in [4.78, 5) is 0. The molecule has 2 rings (SSSR count). The molecular formula is C14H20ClN. The number of halogens is 1. The first-order valence-corrected chi connectivity index (χ1v) is 6.55. The lowest BCUT2D eigenvalue weighted by molar-refractivity contribution is 0.286. The van der Waals surface area contributed by atoms with Crippen molar-refractivity contribution in [1.82, 2.24) is 0 Å². The Labute approximate surface area is 103 Å². The number of hydrogen-bond donors (Lipinski definition) is 1. The molecule has 2 heteroatoms. The van der Waals surface area contributed by atoms with Crippen molar-refractivity contribution in [3.8, 4) is 0 Å². The topological polar surface area (TPSA) is 12.0 Å². The van der Waals surface area contributed by atoms with Crippen LogP contribution in [0.4, 0.5) is 5.69 Å². The summed E-state index contributed by atoms with van der Waals surface area (Å²) in [7, 11) is 0. The Bertz CT molecular complexity index is 358. The number of nitrogens with one attached hydrogen (secondary N) is 1. The average Bonchev–Trinajstić information content (AvgIpc) is 2.18. The minimum atomic E-state index is 0.544. The zero-order valence-corrected chi connectivity index (χ0v) is 10.8. The number of hydrogen-bond acceptors (Lipinski definition) is 1. The van der Waals surface area contributed by atoms with E-state index in [-0.39, 0.29) is 0 Å². The molecule has 88 valence electrons. The van der Waals surface area contributed by atoms with Gasteiger partial charge in [-0.05, 0) is 43.9 Å². The molecule has 1 unspecified atom stereocenters. The van der Waals surface area contributed by atoms with E-state index in [1.165, 1.54) is 36.9 Å². The van der Waals surface area contributed by atoms with Gasteiger partial charge in [0.15, 0.2) is 0 Å². The highest BCUT2D eigenvalue weighted by atomic mass is 35.5. The van der Waals surface area contributed by atoms with E-state index in [1.807, 2.05) is 12.1 Å². The summed E-state index contributed by atoms with van der Waals surface area (Å²) in [5, 5.41) is 4.37. The molecule has 16 heavy (non-hydrogen) atoms. The van der Waals surface area contributed by atoms with Gasteiger partial charge in [0.25, 0.3) is 0 Å². The molecule has 1 aromatic rings. The maximum atomic E-state index is 6.00. The summed E-state index contributed by atoms with van der Waals surface area (Å²) in [5.41, 5.74) is 2.45. The fourth-order valence-electron chi connectivity index (χ4n) is 2.30. The molecule has 0 bridgehead atoms. The van der Waals surface area contributed by atoms with Crippen LogP contribution in [0.3, 0.4) is 0 Å². The molecule has 0 saturated heterocycles. The van der Waals surface area contributed by atoms with Gasteiger partial charge in [-0.1, -0.05) is 36.9 Å². The summed E-state index contributed by atoms with van der Waals surface area (Å²) >= 11 is 6.00. The van der Waals surface area contributed by atoms with Crippen molar-refractivity contribution < 1.29 is 0 Å². The smallest absolute Gasteiger partial charge is 0.0426 e. The van der Waals surface area contributed by atoms with Gasteiger partial charge >= 0.3 is 0 Å². The van der Waals surface area contributed by atoms with Crippen LogP contribution in [0.5, 0.6) is 0 Å². The van der Waals surface area contributed by atoms with E-state index in [0.717, 1.165) is 10.9 Å². The van der Waals surface area contributed by atoms with Crippen molar-refractivity contribution in [2.75, 3.05) is 5.32 Å². The van der Waals surface area contributed by atoms with E-state index in [9.17, 15) is 0 Å². The standard InChI is InChI=1S/C14H20ClN/c1-10-6-7-13(15)9-14(10)16-11(2)8-12-4-3-5-12/h6-7,9,11-12,16H,3-5,8H2,1-2H3. The lowest BCUT2D eigenvalue weighted by atomic mass is 9.81. The Kier molecular flexibility index (Phi) is 3.75. The molecule has 1 fully saturated rings. The van der Waals surface area contributed by atoms with Gasteiger partial charge < -0.3 is 5.32 Å². The Morgan fingerprint density at radius 2 is 2.19 bits per heavy atom. The van der Waals surface area contributed by atoms with Crippen LogP contribution in [0, 0.1) is 12.8 Å². The van der Waals surface area contributed by atoms with Crippen molar-refractivity contribution in [2.24, 2.45) is 5.92 Å². The first-order valence-electron chi connectivity index (χ1n) is 6.18. The fraction of sp³-hybridized carbons (Fsp3) is 0.571. The minimum Gasteiger partial charge on any atom is -0.382 e. The van der Waals surface area contributed by atoms with Crippen molar-refractivity contribution >= 4 is 17.3 Å². The lowest BCUT2D eigenvalue weighted by Crippen LogP contribution is -2.23. The quantitative estimate of drug-likeness (QED) is 0.805. The third-order valence-corrected chi connectivity index (χ3v) is 3.75. The highest BCUT2D eigenvalue weighted by Gasteiger charge is 2.19. The molecule has 1 aliphatic rings. The van der Waals surface area contributed by atoms with Crippen molar-refractivity contribution in [2.45, 2.75) is 45.6 Å². The Balaban J connectivity index is 1.93. The van der Waals surface area contributed by atoms with Crippen LogP contribution in [0.2, 0.25) is 5.02 Å². The third kappa shape index (κ3) is 2.91. The molecule has 1 nitrogen and oxygen atoms in total. The third-order valence-electron chi connectivity index (χ3n) is 3.51. The van der Waals surface area contributed by atoms with Crippen LogP contribution in [0.15, 0.2) is 18.2 Å². The maximum absolute atomic E-state index is 6.00. The maximum Gasteiger partial charge on any atom is 0.0426 e. The molecule has 1 N–H and O–H groups in total. The van der Waals surface area contributed by atoms with Gasteiger partial charge in [-0.25, -0.2) is 0 Å². The van der Waals surface area contributed by atoms with Crippen molar-refractivity contribution in [3.05, 3.63) is 28.8 Å². The molecule has 1 aromatic carbocycles. The second-order valence-electron chi connectivity index (χ2n) is 5.04. The normalized spacial score (nSPS) is 17.9. The van der Waals surface area contributed by atoms with E-state index >= 15 is 0 Å². The first-order chi connectivity index (χ1) is 7.65. The van der Waals surface area contributed by atoms with Gasteiger partial charge in [-0.2, -0.15) is 0 Å². The van der Waals surface area contributed by atoms with Crippen LogP contribution in [0.25, 0.3) is 0 Å². The van der Waals surface area contributed by atoms with Crippen molar-refractivity contribution in [3.63, 3.8) is 0 Å². The van der Waals surface area contributed by atoms with Crippen LogP contribution >= 0.6 is 11.6 Å². The fourth-order valence-corrected chi connectivity index (χ4v) is 2.47. The summed E-state index contributed by atoms with van der Waals surface area (Å²) < 4.78 is 0. The Morgan fingerprint density at radius 1 is 1.44 bits per heavy atom.